The van der Waals surface area contributed by atoms with Gasteiger partial charge in [-0.05, 0) is 19.5 Å². The van der Waals surface area contributed by atoms with Gasteiger partial charge < -0.3 is 19.7 Å². The predicted octanol–water partition coefficient (Wildman–Crippen LogP) is 1.42. The monoisotopic (exact) mass is 395 g/mol. The molecular formula is C20H25N7O2. The third-order valence-corrected chi connectivity index (χ3v) is 5.22. The van der Waals surface area contributed by atoms with Gasteiger partial charge in [-0.25, -0.2) is 20.8 Å². The van der Waals surface area contributed by atoms with Crippen LogP contribution in [-0.2, 0) is 0 Å². The third kappa shape index (κ3) is 4.56. The van der Waals surface area contributed by atoms with Gasteiger partial charge >= 0.3 is 0 Å². The lowest BCUT2D eigenvalue weighted by Gasteiger charge is -2.18. The molecule has 2 aliphatic heterocycles. The average Bonchev–Trinajstić information content (AvgIpc) is 3.37. The first-order valence-corrected chi connectivity index (χ1v) is 9.67. The fourth-order valence-electron chi connectivity index (χ4n) is 3.73. The Bertz CT molecular complexity index is 883. The zero-order chi connectivity index (χ0) is 20.2. The number of anilines is 1. The van der Waals surface area contributed by atoms with Gasteiger partial charge in [0.2, 0.25) is 0 Å². The third-order valence-electron chi connectivity index (χ3n) is 5.22. The van der Waals surface area contributed by atoms with Crippen LogP contribution < -0.4 is 25.6 Å². The van der Waals surface area contributed by atoms with E-state index in [4.69, 9.17) is 14.7 Å². The van der Waals surface area contributed by atoms with E-state index in [0.29, 0.717) is 11.5 Å². The van der Waals surface area contributed by atoms with E-state index in [-0.39, 0.29) is 18.3 Å². The van der Waals surface area contributed by atoms with Gasteiger partial charge in [0.25, 0.3) is 0 Å². The van der Waals surface area contributed by atoms with Gasteiger partial charge in [-0.3, -0.25) is 0 Å². The van der Waals surface area contributed by atoms with Crippen LogP contribution in [-0.4, -0.2) is 54.4 Å². The van der Waals surface area contributed by atoms with E-state index in [0.717, 1.165) is 43.0 Å². The number of methoxy groups -OCH3 is 1. The maximum atomic E-state index is 8.82. The molecule has 1 aromatic heterocycles. The molecule has 9 heteroatoms. The standard InChI is InChI=1S/C20H25N7O2/c1-27-6-5-15(12-27)29-14-3-4-16(18(7-14)28-2)17-8-19(26-25-17)24-20-11-22-13(9-21)10-23-20/h3-4,7,10-11,15,17,19,25-26H,5-6,8,12H2,1-2H3,(H,23,24)/t15-,17?,19?/m0/s1. The molecule has 3 N–H and O–H groups in total. The highest BCUT2D eigenvalue weighted by Gasteiger charge is 2.28. The highest BCUT2D eigenvalue weighted by molar-refractivity contribution is 5.43. The minimum Gasteiger partial charge on any atom is -0.496 e. The highest BCUT2D eigenvalue weighted by atomic mass is 16.5. The Kier molecular flexibility index (Phi) is 5.76. The SMILES string of the molecule is COc1cc(O[C@H]2CCN(C)C2)ccc1C1CC(Nc2cnc(C#N)cn2)NN1. The van der Waals surface area contributed by atoms with Gasteiger partial charge in [0.1, 0.15) is 29.5 Å². The lowest BCUT2D eigenvalue weighted by atomic mass is 10.0. The number of hydrogen-bond acceptors (Lipinski definition) is 9. The lowest BCUT2D eigenvalue weighted by molar-refractivity contribution is 0.207. The van der Waals surface area contributed by atoms with Gasteiger partial charge in [0.15, 0.2) is 5.69 Å². The van der Waals surface area contributed by atoms with Crippen molar-refractivity contribution in [3.05, 3.63) is 41.9 Å². The average molecular weight is 395 g/mol. The first-order valence-electron chi connectivity index (χ1n) is 9.67. The molecule has 2 aliphatic rings. The number of likely N-dealkylation sites (N-methyl/N-ethyl adjacent to an activating group) is 1. The molecule has 29 heavy (non-hydrogen) atoms. The predicted molar refractivity (Wildman–Crippen MR) is 107 cm³/mol. The summed E-state index contributed by atoms with van der Waals surface area (Å²) in [4.78, 5) is 10.5. The molecule has 2 saturated heterocycles. The molecule has 0 amide bonds. The fourth-order valence-corrected chi connectivity index (χ4v) is 3.73. The summed E-state index contributed by atoms with van der Waals surface area (Å²) in [6, 6.07) is 8.05. The smallest absolute Gasteiger partial charge is 0.158 e. The van der Waals surface area contributed by atoms with Crippen LogP contribution in [0.3, 0.4) is 0 Å². The fraction of sp³-hybridized carbons (Fsp3) is 0.450. The number of likely N-dealkylation sites (tertiary alicyclic amines) is 1. The number of hydrogen-bond donors (Lipinski definition) is 3. The zero-order valence-electron chi connectivity index (χ0n) is 16.6. The molecule has 0 aliphatic carbocycles. The number of ether oxygens (including phenoxy) is 2. The quantitative estimate of drug-likeness (QED) is 0.669. The second-order valence-corrected chi connectivity index (χ2v) is 7.37. The number of aromatic nitrogens is 2. The van der Waals surface area contributed by atoms with Crippen molar-refractivity contribution in [2.45, 2.75) is 31.2 Å². The van der Waals surface area contributed by atoms with Gasteiger partial charge in [-0.1, -0.05) is 6.07 Å². The Morgan fingerprint density at radius 1 is 1.28 bits per heavy atom. The van der Waals surface area contributed by atoms with Crippen LogP contribution in [0.1, 0.15) is 30.1 Å². The molecule has 0 bridgehead atoms. The maximum absolute atomic E-state index is 8.82. The van der Waals surface area contributed by atoms with E-state index < -0.39 is 0 Å². The molecule has 9 nitrogen and oxygen atoms in total. The van der Waals surface area contributed by atoms with Crippen molar-refractivity contribution in [1.82, 2.24) is 25.7 Å². The van der Waals surface area contributed by atoms with Crippen LogP contribution in [0.25, 0.3) is 0 Å². The largest absolute Gasteiger partial charge is 0.496 e. The molecule has 0 radical (unpaired) electrons. The molecule has 2 fully saturated rings. The number of nitrogens with one attached hydrogen (secondary N) is 3. The Morgan fingerprint density at radius 2 is 2.17 bits per heavy atom. The van der Waals surface area contributed by atoms with E-state index in [9.17, 15) is 0 Å². The first-order chi connectivity index (χ1) is 14.1. The van der Waals surface area contributed by atoms with E-state index >= 15 is 0 Å². The van der Waals surface area contributed by atoms with E-state index in [2.05, 4.69) is 44.2 Å². The minimum absolute atomic E-state index is 0.0307. The molecule has 1 aromatic carbocycles. The van der Waals surface area contributed by atoms with Crippen LogP contribution in [0.5, 0.6) is 11.5 Å². The Labute approximate surface area is 170 Å². The van der Waals surface area contributed by atoms with Crippen LogP contribution in [0.4, 0.5) is 5.82 Å². The van der Waals surface area contributed by atoms with Crippen molar-refractivity contribution in [2.24, 2.45) is 0 Å². The summed E-state index contributed by atoms with van der Waals surface area (Å²) in [5, 5.41) is 12.1. The number of nitrogens with zero attached hydrogens (tertiary/aromatic N) is 4. The molecule has 2 unspecified atom stereocenters. The lowest BCUT2D eigenvalue weighted by Crippen LogP contribution is -2.36. The number of rotatable bonds is 6. The van der Waals surface area contributed by atoms with Gasteiger partial charge in [-0.15, -0.1) is 0 Å². The van der Waals surface area contributed by atoms with Crippen molar-refractivity contribution < 1.29 is 9.47 Å². The van der Waals surface area contributed by atoms with E-state index in [1.165, 1.54) is 6.20 Å². The summed E-state index contributed by atoms with van der Waals surface area (Å²) in [7, 11) is 3.79. The van der Waals surface area contributed by atoms with Crippen LogP contribution >= 0.6 is 0 Å². The molecule has 3 atom stereocenters. The molecule has 152 valence electrons. The molecule has 3 heterocycles. The summed E-state index contributed by atoms with van der Waals surface area (Å²) in [6.45, 7) is 2.01. The van der Waals surface area contributed by atoms with Crippen molar-refractivity contribution in [2.75, 3.05) is 32.6 Å². The summed E-state index contributed by atoms with van der Waals surface area (Å²) >= 11 is 0. The van der Waals surface area contributed by atoms with Crippen LogP contribution in [0.2, 0.25) is 0 Å². The number of nitriles is 1. The van der Waals surface area contributed by atoms with Crippen LogP contribution in [0, 0.1) is 11.3 Å². The van der Waals surface area contributed by atoms with Crippen LogP contribution in [0.15, 0.2) is 30.6 Å². The zero-order valence-corrected chi connectivity index (χ0v) is 16.6. The van der Waals surface area contributed by atoms with Crippen molar-refractivity contribution in [3.63, 3.8) is 0 Å². The second kappa shape index (κ2) is 8.61. The van der Waals surface area contributed by atoms with Gasteiger partial charge in [0.05, 0.1) is 31.7 Å². The Hall–Kier alpha value is -2.93. The van der Waals surface area contributed by atoms with E-state index in [1.807, 2.05) is 18.2 Å². The minimum atomic E-state index is -0.0307. The normalized spacial score (nSPS) is 24.2. The number of benzene rings is 1. The van der Waals surface area contributed by atoms with Gasteiger partial charge in [-0.2, -0.15) is 5.26 Å². The number of hydrazine groups is 1. The molecule has 2 aromatic rings. The second-order valence-electron chi connectivity index (χ2n) is 7.37. The summed E-state index contributed by atoms with van der Waals surface area (Å²) in [6.07, 6.45) is 5.03. The van der Waals surface area contributed by atoms with Crippen molar-refractivity contribution in [3.8, 4) is 17.6 Å². The van der Waals surface area contributed by atoms with Gasteiger partial charge in [0, 0.05) is 31.1 Å². The Balaban J connectivity index is 1.39. The molecular weight excluding hydrogens is 370 g/mol. The van der Waals surface area contributed by atoms with Crippen molar-refractivity contribution in [1.29, 1.82) is 5.26 Å². The summed E-state index contributed by atoms with van der Waals surface area (Å²) in [5.74, 6) is 2.24. The first kappa shape index (κ1) is 19.4. The molecule has 4 rings (SSSR count). The highest BCUT2D eigenvalue weighted by Crippen LogP contribution is 2.34. The topological polar surface area (TPSA) is 107 Å². The molecule has 0 spiro atoms. The maximum Gasteiger partial charge on any atom is 0.158 e. The summed E-state index contributed by atoms with van der Waals surface area (Å²) in [5.41, 5.74) is 7.88. The van der Waals surface area contributed by atoms with E-state index in [1.54, 1.807) is 13.3 Å². The van der Waals surface area contributed by atoms with Crippen molar-refractivity contribution >= 4 is 5.82 Å². The Morgan fingerprint density at radius 3 is 2.86 bits per heavy atom. The molecule has 0 saturated carbocycles. The summed E-state index contributed by atoms with van der Waals surface area (Å²) < 4.78 is 11.7.